The number of carbonyl (C=O) groups is 2. The first-order chi connectivity index (χ1) is 11.6. The van der Waals surface area contributed by atoms with Crippen LogP contribution < -0.4 is 0 Å². The van der Waals surface area contributed by atoms with Crippen molar-refractivity contribution in [2.24, 2.45) is 0 Å². The van der Waals surface area contributed by atoms with Crippen molar-refractivity contribution >= 4 is 23.6 Å². The molecule has 0 fully saturated rings. The molecule has 1 unspecified atom stereocenters. The lowest BCUT2D eigenvalue weighted by molar-refractivity contribution is -0.151. The molecule has 0 saturated heterocycles. The van der Waals surface area contributed by atoms with Gasteiger partial charge in [-0.2, -0.15) is 0 Å². The first-order valence-electron chi connectivity index (χ1n) is 7.92. The summed E-state index contributed by atoms with van der Waals surface area (Å²) in [5.74, 6) is -0.387. The molecule has 1 atom stereocenters. The Kier molecular flexibility index (Phi) is 5.20. The zero-order valence-electron chi connectivity index (χ0n) is 13.2. The Labute approximate surface area is 145 Å². The number of carboxylic acids is 1. The van der Waals surface area contributed by atoms with Gasteiger partial charge >= 0.3 is 5.97 Å². The third-order valence-corrected chi connectivity index (χ3v) is 5.20. The van der Waals surface area contributed by atoms with Crippen LogP contribution in [0.2, 0.25) is 0 Å². The molecule has 1 amide bonds. The number of benzene rings is 2. The van der Waals surface area contributed by atoms with Gasteiger partial charge in [0.1, 0.15) is 6.04 Å². The molecule has 1 heterocycles. The fourth-order valence-corrected chi connectivity index (χ4v) is 3.78. The summed E-state index contributed by atoms with van der Waals surface area (Å²) in [5.41, 5.74) is 2.06. The number of amides is 1. The van der Waals surface area contributed by atoms with E-state index < -0.39 is 12.0 Å². The molecule has 4 nitrogen and oxygen atoms in total. The molecule has 0 spiro atoms. The lowest BCUT2D eigenvalue weighted by Gasteiger charge is -2.34. The number of hydrogen-bond donors (Lipinski definition) is 1. The van der Waals surface area contributed by atoms with Crippen LogP contribution in [0.3, 0.4) is 0 Å². The molecule has 5 heteroatoms. The Morgan fingerprint density at radius 2 is 1.71 bits per heavy atom. The van der Waals surface area contributed by atoms with Crippen molar-refractivity contribution in [1.29, 1.82) is 0 Å². The highest BCUT2D eigenvalue weighted by molar-refractivity contribution is 7.99. The van der Waals surface area contributed by atoms with Crippen molar-refractivity contribution in [1.82, 2.24) is 4.90 Å². The summed E-state index contributed by atoms with van der Waals surface area (Å²) in [4.78, 5) is 26.8. The van der Waals surface area contributed by atoms with Crippen LogP contribution in [0.25, 0.3) is 0 Å². The normalized spacial score (nSPS) is 16.5. The zero-order chi connectivity index (χ0) is 16.9. The monoisotopic (exact) mass is 341 g/mol. The summed E-state index contributed by atoms with van der Waals surface area (Å²) in [6.07, 6.45) is 0.717. The molecular formula is C19H19NO3S. The predicted molar refractivity (Wildman–Crippen MR) is 93.9 cm³/mol. The van der Waals surface area contributed by atoms with Gasteiger partial charge in [0.25, 0.3) is 0 Å². The fourth-order valence-electron chi connectivity index (χ4n) is 2.92. The van der Waals surface area contributed by atoms with E-state index in [4.69, 9.17) is 0 Å². The van der Waals surface area contributed by atoms with Gasteiger partial charge in [0.15, 0.2) is 0 Å². The molecule has 2 aromatic carbocycles. The minimum absolute atomic E-state index is 0.0969. The molecule has 1 N–H and O–H groups in total. The Hall–Kier alpha value is -2.27. The maximum Gasteiger partial charge on any atom is 0.326 e. The molecule has 1 aliphatic rings. The van der Waals surface area contributed by atoms with Gasteiger partial charge in [0.2, 0.25) is 5.91 Å². The summed E-state index contributed by atoms with van der Waals surface area (Å²) in [7, 11) is 0. The van der Waals surface area contributed by atoms with Crippen LogP contribution in [-0.2, 0) is 22.6 Å². The van der Waals surface area contributed by atoms with E-state index in [0.717, 1.165) is 16.0 Å². The minimum atomic E-state index is -0.937. The quantitative estimate of drug-likeness (QED) is 0.849. The number of hydrogen-bond acceptors (Lipinski definition) is 3. The number of nitrogens with zero attached hydrogens (tertiary/aromatic N) is 1. The average Bonchev–Trinajstić information content (AvgIpc) is 2.61. The smallest absolute Gasteiger partial charge is 0.326 e. The number of aliphatic carboxylic acids is 1. The number of carboxylic acid groups (broad SMARTS) is 1. The van der Waals surface area contributed by atoms with Gasteiger partial charge in [-0.1, -0.05) is 42.5 Å². The van der Waals surface area contributed by atoms with E-state index in [9.17, 15) is 14.7 Å². The Morgan fingerprint density at radius 3 is 2.42 bits per heavy atom. The zero-order valence-corrected chi connectivity index (χ0v) is 14.0. The molecule has 124 valence electrons. The van der Waals surface area contributed by atoms with E-state index in [1.54, 1.807) is 11.8 Å². The maximum atomic E-state index is 12.6. The van der Waals surface area contributed by atoms with Crippen LogP contribution >= 0.6 is 11.8 Å². The Morgan fingerprint density at radius 1 is 1.04 bits per heavy atom. The Bertz CT molecular complexity index is 732. The fraction of sp³-hybridized carbons (Fsp3) is 0.263. The average molecular weight is 341 g/mol. The molecule has 24 heavy (non-hydrogen) atoms. The lowest BCUT2D eigenvalue weighted by atomic mass is 9.94. The standard InChI is InChI=1S/C19H19NO3S/c21-18(10-11-24-16-8-2-1-3-9-16)20-13-15-7-5-4-6-14(15)12-17(20)19(22)23/h1-9,17H,10-13H2,(H,22,23). The molecule has 3 rings (SSSR count). The van der Waals surface area contributed by atoms with Crippen molar-refractivity contribution in [3.63, 3.8) is 0 Å². The van der Waals surface area contributed by atoms with Crippen molar-refractivity contribution < 1.29 is 14.7 Å². The number of rotatable bonds is 5. The van der Waals surface area contributed by atoms with Crippen molar-refractivity contribution in [3.8, 4) is 0 Å². The van der Waals surface area contributed by atoms with Crippen LogP contribution in [0.1, 0.15) is 17.5 Å². The van der Waals surface area contributed by atoms with Gasteiger partial charge in [-0.05, 0) is 23.3 Å². The number of thioether (sulfide) groups is 1. The van der Waals surface area contributed by atoms with Crippen LogP contribution in [0.15, 0.2) is 59.5 Å². The molecular weight excluding hydrogens is 322 g/mol. The molecule has 0 aromatic heterocycles. The molecule has 0 saturated carbocycles. The third kappa shape index (κ3) is 3.79. The van der Waals surface area contributed by atoms with E-state index in [0.29, 0.717) is 25.1 Å². The topological polar surface area (TPSA) is 57.6 Å². The second kappa shape index (κ2) is 7.53. The Balaban J connectivity index is 1.65. The SMILES string of the molecule is O=C(O)C1Cc2ccccc2CN1C(=O)CCSc1ccccc1. The highest BCUT2D eigenvalue weighted by atomic mass is 32.2. The van der Waals surface area contributed by atoms with Gasteiger partial charge in [0.05, 0.1) is 0 Å². The van der Waals surface area contributed by atoms with E-state index >= 15 is 0 Å². The van der Waals surface area contributed by atoms with Crippen molar-refractivity contribution in [2.45, 2.75) is 30.3 Å². The molecule has 0 aliphatic carbocycles. The van der Waals surface area contributed by atoms with Gasteiger partial charge < -0.3 is 10.0 Å². The van der Waals surface area contributed by atoms with Gasteiger partial charge in [-0.25, -0.2) is 4.79 Å². The van der Waals surface area contributed by atoms with Crippen LogP contribution in [-0.4, -0.2) is 33.7 Å². The van der Waals surface area contributed by atoms with E-state index in [-0.39, 0.29) is 5.91 Å². The van der Waals surface area contributed by atoms with Crippen LogP contribution in [0.4, 0.5) is 0 Å². The van der Waals surface area contributed by atoms with E-state index in [2.05, 4.69) is 0 Å². The molecule has 2 aromatic rings. The van der Waals surface area contributed by atoms with Crippen molar-refractivity contribution in [2.75, 3.05) is 5.75 Å². The highest BCUT2D eigenvalue weighted by Crippen LogP contribution is 2.25. The minimum Gasteiger partial charge on any atom is -0.480 e. The van der Waals surface area contributed by atoms with Gasteiger partial charge in [0, 0.05) is 30.0 Å². The van der Waals surface area contributed by atoms with Gasteiger partial charge in [-0.15, -0.1) is 11.8 Å². The maximum absolute atomic E-state index is 12.6. The summed E-state index contributed by atoms with van der Waals surface area (Å²) < 4.78 is 0. The van der Waals surface area contributed by atoms with Crippen molar-refractivity contribution in [3.05, 3.63) is 65.7 Å². The second-order valence-electron chi connectivity index (χ2n) is 5.76. The largest absolute Gasteiger partial charge is 0.480 e. The second-order valence-corrected chi connectivity index (χ2v) is 6.93. The number of fused-ring (bicyclic) bond motifs is 1. The molecule has 0 radical (unpaired) electrons. The van der Waals surface area contributed by atoms with E-state index in [1.165, 1.54) is 4.90 Å². The summed E-state index contributed by atoms with van der Waals surface area (Å²) in [6.45, 7) is 0.377. The number of carbonyl (C=O) groups excluding carboxylic acids is 1. The lowest BCUT2D eigenvalue weighted by Crippen LogP contribution is -2.48. The summed E-state index contributed by atoms with van der Waals surface area (Å²) >= 11 is 1.61. The van der Waals surface area contributed by atoms with Gasteiger partial charge in [-0.3, -0.25) is 4.79 Å². The first kappa shape index (κ1) is 16.6. The molecule has 1 aliphatic heterocycles. The third-order valence-electron chi connectivity index (χ3n) is 4.18. The summed E-state index contributed by atoms with van der Waals surface area (Å²) in [5, 5.41) is 9.49. The highest BCUT2D eigenvalue weighted by Gasteiger charge is 2.33. The van der Waals surface area contributed by atoms with E-state index in [1.807, 2.05) is 54.6 Å². The predicted octanol–water partition coefficient (Wildman–Crippen LogP) is 3.21. The van der Waals surface area contributed by atoms with Crippen LogP contribution in [0, 0.1) is 0 Å². The summed E-state index contributed by atoms with van der Waals surface area (Å²) in [6, 6.07) is 16.9. The van der Waals surface area contributed by atoms with Crippen LogP contribution in [0.5, 0.6) is 0 Å². The first-order valence-corrected chi connectivity index (χ1v) is 8.90. The molecule has 0 bridgehead atoms.